The average molecular weight is 2060 g/mol. The van der Waals surface area contributed by atoms with Crippen LogP contribution in [0.4, 0.5) is 0 Å². The van der Waals surface area contributed by atoms with E-state index in [1.54, 1.807) is 0 Å². The molecule has 0 spiro atoms. The second-order valence-corrected chi connectivity index (χ2v) is 50.1. The number of hydrogen-bond acceptors (Lipinski definition) is 0. The van der Waals surface area contributed by atoms with Gasteiger partial charge in [-0.05, 0) is 132 Å². The van der Waals surface area contributed by atoms with Crippen LogP contribution in [0.3, 0.4) is 0 Å². The van der Waals surface area contributed by atoms with E-state index in [1.807, 2.05) is 0 Å². The van der Waals surface area contributed by atoms with Crippen molar-refractivity contribution in [3.05, 3.63) is 53.4 Å². The largest absolute Gasteiger partial charge is 2.00 e. The Morgan fingerprint density at radius 1 is 0.151 bits per heavy atom. The van der Waals surface area contributed by atoms with Gasteiger partial charge in [0.2, 0.25) is 0 Å². The van der Waals surface area contributed by atoms with Gasteiger partial charge < -0.3 is 53.4 Å². The molecule has 0 heterocycles. The third-order valence-electron chi connectivity index (χ3n) is 36.8. The van der Waals surface area contributed by atoms with Crippen molar-refractivity contribution in [1.82, 2.24) is 0 Å². The molecular weight excluding hydrogens is 1820 g/mol. The minimum Gasteiger partial charge on any atom is -0.358 e. The van der Waals surface area contributed by atoms with Crippen LogP contribution < -0.4 is 0 Å². The second-order valence-electron chi connectivity index (χ2n) is 50.1. The number of hydrogen-bond donors (Lipinski definition) is 0. The first kappa shape index (κ1) is 143. The third-order valence-corrected chi connectivity index (χ3v) is 36.8. The van der Waals surface area contributed by atoms with Crippen LogP contribution in [0.25, 0.3) is 0 Å². The van der Waals surface area contributed by atoms with E-state index in [4.69, 9.17) is 0 Å². The van der Waals surface area contributed by atoms with Crippen LogP contribution in [-0.4, -0.2) is 182 Å². The Hall–Kier alpha value is 5.92. The van der Waals surface area contributed by atoms with Gasteiger partial charge in [-0.3, -0.25) is 0 Å². The van der Waals surface area contributed by atoms with Gasteiger partial charge in [0, 0.05) is 0 Å². The van der Waals surface area contributed by atoms with E-state index in [0.717, 1.165) is 284 Å². The van der Waals surface area contributed by atoms with Gasteiger partial charge in [0.25, 0.3) is 0 Å². The molecule has 4 heteroatoms. The zero-order valence-corrected chi connectivity index (χ0v) is 111. The first-order chi connectivity index (χ1) is 55.7. The van der Waals surface area contributed by atoms with Crippen LogP contribution in [0.1, 0.15) is 448 Å². The van der Waals surface area contributed by atoms with Crippen LogP contribution in [0, 0.1) is 337 Å². The second kappa shape index (κ2) is 73.1. The fourth-order valence-electron chi connectivity index (χ4n) is 25.4. The van der Waals surface area contributed by atoms with Gasteiger partial charge in [0.1, 0.15) is 0 Å². The maximum atomic E-state index is 2.68. The summed E-state index contributed by atoms with van der Waals surface area (Å²) in [7, 11) is 0. The van der Waals surface area contributed by atoms with Gasteiger partial charge in [-0.15, -0.1) is 0 Å². The molecule has 0 aliphatic heterocycles. The maximum absolute atomic E-state index is 2.68. The van der Waals surface area contributed by atoms with Crippen molar-refractivity contribution in [2.24, 2.45) is 284 Å². The van der Waals surface area contributed by atoms with Crippen molar-refractivity contribution >= 4 is 182 Å². The van der Waals surface area contributed by atoms with E-state index in [2.05, 4.69) is 371 Å². The van der Waals surface area contributed by atoms with E-state index < -0.39 is 0 Å². The van der Waals surface area contributed by atoms with Gasteiger partial charge in [-0.1, -0.05) is 529 Å². The molecule has 32 unspecified atom stereocenters. The van der Waals surface area contributed by atoms with Crippen LogP contribution in [0.15, 0.2) is 0 Å². The molecule has 0 nitrogen and oxygen atoms in total. The topological polar surface area (TPSA) is 0 Å². The summed E-state index contributed by atoms with van der Waals surface area (Å²) in [6.07, 6.45) is 41.4. The summed E-state index contributed by atoms with van der Waals surface area (Å²) < 4.78 is 0. The van der Waals surface area contributed by atoms with Crippen molar-refractivity contribution in [2.45, 2.75) is 448 Å². The molecule has 8 aliphatic carbocycles. The van der Waals surface area contributed by atoms with Crippen molar-refractivity contribution in [1.29, 1.82) is 0 Å². The summed E-state index contributed by atoms with van der Waals surface area (Å²) >= 11 is 0. The van der Waals surface area contributed by atoms with Crippen molar-refractivity contribution in [2.75, 3.05) is 0 Å². The summed E-state index contributed by atoms with van der Waals surface area (Å²) in [6.45, 7) is 115. The zero-order chi connectivity index (χ0) is 92.7. The molecule has 0 aromatic carbocycles. The minimum absolute atomic E-state index is 0. The van der Waals surface area contributed by atoms with Crippen LogP contribution >= 0.6 is 0 Å². The summed E-state index contributed by atoms with van der Waals surface area (Å²) in [5.74, 6) is 42.9. The van der Waals surface area contributed by atoms with Gasteiger partial charge >= 0.3 is 182 Å². The predicted molar refractivity (Wildman–Crippen MR) is 585 cm³/mol. The molecule has 736 valence electrons. The first-order valence-electron chi connectivity index (χ1n) is 54.8. The summed E-state index contributed by atoms with van der Waals surface area (Å²) in [6, 6.07) is 0. The van der Waals surface area contributed by atoms with E-state index in [1.165, 1.54) is 116 Å². The molecule has 8 fully saturated rings. The van der Waals surface area contributed by atoms with Crippen molar-refractivity contribution < 1.29 is 0 Å². The normalized spacial score (nSPS) is 32.4. The van der Waals surface area contributed by atoms with E-state index >= 15 is 0 Å². The fourth-order valence-corrected chi connectivity index (χ4v) is 25.4. The Balaban J connectivity index is -0.000000324. The Morgan fingerprint density at radius 2 is 0.294 bits per heavy atom. The van der Waals surface area contributed by atoms with E-state index in [-0.39, 0.29) is 197 Å². The Kier molecular flexibility index (Phi) is 82.7. The van der Waals surface area contributed by atoms with Gasteiger partial charge in [-0.2, -0.15) is 71.0 Å². The minimum atomic E-state index is 0. The van der Waals surface area contributed by atoms with Crippen LogP contribution in [0.2, 0.25) is 0 Å². The van der Waals surface area contributed by atoms with E-state index in [0.29, 0.717) is 0 Å². The molecule has 0 amide bonds. The molecule has 0 radical (unpaired) electrons. The van der Waals surface area contributed by atoms with Gasteiger partial charge in [0.05, 0.1) is 0 Å². The van der Waals surface area contributed by atoms with Crippen molar-refractivity contribution in [3.63, 3.8) is 0 Å². The monoisotopic (exact) mass is 2060 g/mol. The molecule has 8 rings (SSSR count). The van der Waals surface area contributed by atoms with Crippen LogP contribution in [-0.2, 0) is 0 Å². The van der Waals surface area contributed by atoms with E-state index in [9.17, 15) is 0 Å². The van der Waals surface area contributed by atoms with Gasteiger partial charge in [0.15, 0.2) is 0 Å². The molecule has 0 bridgehead atoms. The Bertz CT molecular complexity index is 1970. The smallest absolute Gasteiger partial charge is 0.358 e. The maximum Gasteiger partial charge on any atom is 2.00 e. The molecule has 0 aromatic rings. The predicted octanol–water partition coefficient (Wildman–Crippen LogP) is 38.2. The number of rotatable bonds is 32. The quantitative estimate of drug-likeness (QED) is 0.0465. The SMILES string of the molecule is CCC(C)C1CC(C(C)C)CC1C(C)C.CCC(C)C1CC(C(C)C)CC1C(C)C.CCC(C)C1CC(C(C)C)[CH-]C1C(C)C.CCC(C)C1CC(C(C)C)[CH-]C1C(C)C.CCC(C)C1CC(C(C)C)[CH-]C1C(C)C.CCC(C)C1[CH-]C(C(C)C)CC1C(C)C.CCC(C)C1[CH-]C(C(C)C)CC1C(C)C.CCC(C)C1[CH-]C(C(C)C)CC1C(C)C.[CH3-].[CH3-].[Sr+2].[Sr+2].[Sr+2].[Sr+2]. The molecule has 0 saturated heterocycles. The van der Waals surface area contributed by atoms with Crippen LogP contribution in [0.5, 0.6) is 0 Å². The zero-order valence-electron chi connectivity index (χ0n) is 96.7. The molecule has 32 atom stereocenters. The average Bonchev–Trinajstić information content (AvgIpc) is 1.75. The third kappa shape index (κ3) is 47.2. The molecule has 126 heavy (non-hydrogen) atoms. The molecule has 8 saturated carbocycles. The summed E-state index contributed by atoms with van der Waals surface area (Å²) in [5, 5.41) is 0. The Morgan fingerprint density at radius 3 is 0.429 bits per heavy atom. The first-order valence-corrected chi connectivity index (χ1v) is 54.8. The molecular formula is C122H240Sr4. The Labute approximate surface area is 953 Å². The molecule has 0 aromatic heterocycles. The molecule has 8 aliphatic rings. The molecule has 0 N–H and O–H groups in total. The summed E-state index contributed by atoms with van der Waals surface area (Å²) in [5.41, 5.74) is 0. The standard InChI is InChI=1S/2C15H30.6C15H29.2CH3.4Sr/c8*1-7-12(6)15-9-13(10(2)3)8-14(15)11(4)5;;;;;;/h2*10-15H,7-9H2,1-6H3;3*9-15H,7-8H2,1-6H3;3*8,10-15H,7,9H2,1-6H3;2*1H3;;;;/q;;8*-1;4*+2. The summed E-state index contributed by atoms with van der Waals surface area (Å²) in [4.78, 5) is 0. The fraction of sp³-hybridized carbons (Fsp3) is 0.934. The van der Waals surface area contributed by atoms with Crippen molar-refractivity contribution in [3.8, 4) is 0 Å². The van der Waals surface area contributed by atoms with Gasteiger partial charge in [-0.25, -0.2) is 0 Å².